The molecule has 1 aliphatic rings. The van der Waals surface area contributed by atoms with Gasteiger partial charge in [0.15, 0.2) is 0 Å². The number of hydrogen-bond acceptors (Lipinski definition) is 5. The molecule has 1 aromatic heterocycles. The summed E-state index contributed by atoms with van der Waals surface area (Å²) in [7, 11) is 1.68. The molecule has 0 aliphatic carbocycles. The van der Waals surface area contributed by atoms with Crippen LogP contribution in [0.15, 0.2) is 12.4 Å². The minimum atomic E-state index is -3.30. The Labute approximate surface area is 132 Å². The third-order valence-corrected chi connectivity index (χ3v) is 5.99. The minimum Gasteiger partial charge on any atom is -0.372 e. The Balaban J connectivity index is 1.95. The Morgan fingerprint density at radius 3 is 2.64 bits per heavy atom. The molecule has 8 heteroatoms. The molecule has 124 valence electrons. The molecule has 1 aromatic rings. The second kappa shape index (κ2) is 7.34. The number of anilines is 1. The van der Waals surface area contributed by atoms with Crippen molar-refractivity contribution in [2.75, 3.05) is 39.5 Å². The maximum absolute atomic E-state index is 12.2. The van der Waals surface area contributed by atoms with Crippen LogP contribution < -0.4 is 5.32 Å². The van der Waals surface area contributed by atoms with Gasteiger partial charge in [0, 0.05) is 34.2 Å². The van der Waals surface area contributed by atoms with Gasteiger partial charge in [0.2, 0.25) is 0 Å². The summed E-state index contributed by atoms with van der Waals surface area (Å²) in [6.45, 7) is 1.18. The van der Waals surface area contributed by atoms with Crippen molar-refractivity contribution in [3.63, 3.8) is 0 Å². The first-order valence-electron chi connectivity index (χ1n) is 7.59. The molecule has 1 aliphatic heterocycles. The predicted octanol–water partition coefficient (Wildman–Crippen LogP) is 0.969. The molecule has 0 unspecified atom stereocenters. The van der Waals surface area contributed by atoms with E-state index in [2.05, 4.69) is 15.3 Å². The summed E-state index contributed by atoms with van der Waals surface area (Å²) in [5, 5.41) is 2.95. The molecule has 1 fully saturated rings. The van der Waals surface area contributed by atoms with Gasteiger partial charge < -0.3 is 5.32 Å². The summed E-state index contributed by atoms with van der Waals surface area (Å²) in [5.74, 6) is 1.21. The van der Waals surface area contributed by atoms with Crippen LogP contribution in [0.25, 0.3) is 0 Å². The van der Waals surface area contributed by atoms with Gasteiger partial charge in [0.05, 0.1) is 18.1 Å². The van der Waals surface area contributed by atoms with Crippen molar-refractivity contribution in [3.8, 4) is 0 Å². The van der Waals surface area contributed by atoms with E-state index >= 15 is 0 Å². The fourth-order valence-corrected chi connectivity index (χ4v) is 3.85. The Morgan fingerprint density at radius 1 is 1.27 bits per heavy atom. The summed E-state index contributed by atoms with van der Waals surface area (Å²) in [6, 6.07) is 0. The van der Waals surface area contributed by atoms with E-state index in [9.17, 15) is 8.42 Å². The van der Waals surface area contributed by atoms with E-state index in [1.165, 1.54) is 4.31 Å². The average molecular weight is 327 g/mol. The van der Waals surface area contributed by atoms with E-state index in [1.54, 1.807) is 30.8 Å². The van der Waals surface area contributed by atoms with Crippen LogP contribution in [0.1, 0.15) is 25.0 Å². The highest BCUT2D eigenvalue weighted by Gasteiger charge is 2.27. The molecule has 0 amide bonds. The van der Waals surface area contributed by atoms with Gasteiger partial charge in [-0.25, -0.2) is 4.98 Å². The molecule has 7 nitrogen and oxygen atoms in total. The Kier molecular flexibility index (Phi) is 5.71. The molecule has 0 radical (unpaired) electrons. The molecular formula is C14H25N5O2S. The third-order valence-electron chi connectivity index (χ3n) is 4.05. The normalized spacial score (nSPS) is 20.8. The average Bonchev–Trinajstić information content (AvgIpc) is 2.74. The third kappa shape index (κ3) is 4.15. The van der Waals surface area contributed by atoms with Gasteiger partial charge in [-0.2, -0.15) is 17.0 Å². The second-order valence-corrected chi connectivity index (χ2v) is 7.98. The van der Waals surface area contributed by atoms with Crippen LogP contribution >= 0.6 is 0 Å². The van der Waals surface area contributed by atoms with Gasteiger partial charge in [-0.05, 0) is 31.6 Å². The fourth-order valence-electron chi connectivity index (χ4n) is 2.69. The van der Waals surface area contributed by atoms with Crippen molar-refractivity contribution < 1.29 is 8.42 Å². The van der Waals surface area contributed by atoms with Gasteiger partial charge in [-0.3, -0.25) is 4.98 Å². The molecule has 2 heterocycles. The van der Waals surface area contributed by atoms with E-state index in [-0.39, 0.29) is 0 Å². The summed E-state index contributed by atoms with van der Waals surface area (Å²) < 4.78 is 27.3. The maximum Gasteiger partial charge on any atom is 0.281 e. The highest BCUT2D eigenvalue weighted by atomic mass is 32.2. The number of aromatic nitrogens is 2. The first kappa shape index (κ1) is 17.1. The molecule has 0 bridgehead atoms. The van der Waals surface area contributed by atoms with Crippen LogP contribution in [-0.4, -0.2) is 61.2 Å². The minimum absolute atomic E-state index is 0.456. The zero-order valence-electron chi connectivity index (χ0n) is 13.5. The van der Waals surface area contributed by atoms with Crippen molar-refractivity contribution in [2.45, 2.75) is 25.7 Å². The number of nitrogens with zero attached hydrogens (tertiary/aromatic N) is 4. The number of hydrogen-bond donors (Lipinski definition) is 1. The maximum atomic E-state index is 12.2. The van der Waals surface area contributed by atoms with Gasteiger partial charge in [0.25, 0.3) is 10.2 Å². The van der Waals surface area contributed by atoms with Gasteiger partial charge in [0.1, 0.15) is 5.82 Å². The molecule has 0 saturated carbocycles. The lowest BCUT2D eigenvalue weighted by atomic mass is 9.95. The van der Waals surface area contributed by atoms with E-state index in [4.69, 9.17) is 0 Å². The van der Waals surface area contributed by atoms with Crippen molar-refractivity contribution in [3.05, 3.63) is 18.1 Å². The van der Waals surface area contributed by atoms with Crippen LogP contribution in [0.5, 0.6) is 0 Å². The Morgan fingerprint density at radius 2 is 2.05 bits per heavy atom. The van der Waals surface area contributed by atoms with Crippen LogP contribution in [-0.2, 0) is 16.6 Å². The van der Waals surface area contributed by atoms with Crippen molar-refractivity contribution in [1.29, 1.82) is 0 Å². The van der Waals surface area contributed by atoms with E-state index in [0.717, 1.165) is 37.2 Å². The smallest absolute Gasteiger partial charge is 0.281 e. The Bertz CT molecular complexity index is 573. The van der Waals surface area contributed by atoms with E-state index < -0.39 is 10.2 Å². The number of nitrogens with one attached hydrogen (secondary N) is 1. The number of rotatable bonds is 5. The standard InChI is InChI=1S/C14H25N5O2S/c1-15-14-11-16-13(10-17-14)9-12-5-4-7-19(8-6-12)22(20,21)18(2)3/h10-12H,4-9H2,1-3H3,(H,15,17)/t12-/m1/s1. The van der Waals surface area contributed by atoms with Crippen molar-refractivity contribution in [2.24, 2.45) is 5.92 Å². The summed E-state index contributed by atoms with van der Waals surface area (Å²) >= 11 is 0. The van der Waals surface area contributed by atoms with Gasteiger partial charge in [-0.15, -0.1) is 0 Å². The van der Waals surface area contributed by atoms with Gasteiger partial charge >= 0.3 is 0 Å². The molecule has 1 saturated heterocycles. The first-order chi connectivity index (χ1) is 10.4. The lowest BCUT2D eigenvalue weighted by Gasteiger charge is -2.23. The monoisotopic (exact) mass is 327 g/mol. The molecule has 22 heavy (non-hydrogen) atoms. The Hall–Kier alpha value is -1.25. The molecule has 1 N–H and O–H groups in total. The van der Waals surface area contributed by atoms with E-state index in [1.807, 2.05) is 7.05 Å². The predicted molar refractivity (Wildman–Crippen MR) is 86.8 cm³/mol. The molecule has 0 aromatic carbocycles. The fraction of sp³-hybridized carbons (Fsp3) is 0.714. The zero-order chi connectivity index (χ0) is 16.2. The van der Waals surface area contributed by atoms with Crippen LogP contribution in [0.4, 0.5) is 5.82 Å². The quantitative estimate of drug-likeness (QED) is 0.872. The van der Waals surface area contributed by atoms with Gasteiger partial charge in [-0.1, -0.05) is 0 Å². The van der Waals surface area contributed by atoms with Crippen molar-refractivity contribution >= 4 is 16.0 Å². The zero-order valence-corrected chi connectivity index (χ0v) is 14.3. The molecular weight excluding hydrogens is 302 g/mol. The SMILES string of the molecule is CNc1cnc(C[C@@H]2CCCN(S(=O)(=O)N(C)C)CC2)cn1. The lowest BCUT2D eigenvalue weighted by Crippen LogP contribution is -2.40. The van der Waals surface area contributed by atoms with Crippen LogP contribution in [0, 0.1) is 5.92 Å². The summed E-state index contributed by atoms with van der Waals surface area (Å²) in [5.41, 5.74) is 0.966. The molecule has 0 spiro atoms. The first-order valence-corrected chi connectivity index (χ1v) is 8.99. The second-order valence-electron chi connectivity index (χ2n) is 5.83. The largest absolute Gasteiger partial charge is 0.372 e. The lowest BCUT2D eigenvalue weighted by molar-refractivity contribution is 0.376. The van der Waals surface area contributed by atoms with Crippen molar-refractivity contribution in [1.82, 2.24) is 18.6 Å². The highest BCUT2D eigenvalue weighted by molar-refractivity contribution is 7.86. The molecule has 2 rings (SSSR count). The summed E-state index contributed by atoms with van der Waals surface area (Å²) in [6.07, 6.45) is 7.16. The van der Waals surface area contributed by atoms with Crippen LogP contribution in [0.3, 0.4) is 0 Å². The van der Waals surface area contributed by atoms with E-state index in [0.29, 0.717) is 19.0 Å². The van der Waals surface area contributed by atoms with Crippen LogP contribution in [0.2, 0.25) is 0 Å². The molecule has 1 atom stereocenters. The highest BCUT2D eigenvalue weighted by Crippen LogP contribution is 2.23. The summed E-state index contributed by atoms with van der Waals surface area (Å²) in [4.78, 5) is 8.68. The topological polar surface area (TPSA) is 78.4 Å².